The third kappa shape index (κ3) is 3.63. The molecule has 1 aliphatic rings. The molecule has 5 rings (SSSR count). The Morgan fingerprint density at radius 3 is 2.55 bits per heavy atom. The number of carbonyl (C=O) groups is 1. The molecule has 2 N–H and O–H groups in total. The van der Waals surface area contributed by atoms with Crippen molar-refractivity contribution in [1.82, 2.24) is 15.0 Å². The van der Waals surface area contributed by atoms with Crippen LogP contribution in [0.1, 0.15) is 28.9 Å². The Labute approximate surface area is 176 Å². The van der Waals surface area contributed by atoms with Crippen LogP contribution in [0.4, 0.5) is 10.2 Å². The van der Waals surface area contributed by atoms with Crippen LogP contribution in [0.25, 0.3) is 10.8 Å². The van der Waals surface area contributed by atoms with Crippen LogP contribution in [0.2, 0.25) is 0 Å². The second-order valence-corrected chi connectivity index (χ2v) is 7.38. The number of nitrogens with one attached hydrogen (secondary N) is 1. The summed E-state index contributed by atoms with van der Waals surface area (Å²) < 4.78 is 19.5. The van der Waals surface area contributed by atoms with Gasteiger partial charge in [0.15, 0.2) is 0 Å². The zero-order chi connectivity index (χ0) is 21.4. The van der Waals surface area contributed by atoms with E-state index in [0.29, 0.717) is 22.8 Å². The smallest absolute Gasteiger partial charge is 0.337 e. The molecule has 3 aromatic heterocycles. The Morgan fingerprint density at radius 1 is 1.06 bits per heavy atom. The Morgan fingerprint density at radius 2 is 1.87 bits per heavy atom. The van der Waals surface area contributed by atoms with Gasteiger partial charge >= 0.3 is 5.97 Å². The van der Waals surface area contributed by atoms with E-state index >= 15 is 0 Å². The average Bonchev–Trinajstić information content (AvgIpc) is 3.55. The minimum Gasteiger partial charge on any atom is -0.478 e. The number of pyridine rings is 3. The normalized spacial score (nSPS) is 14.2. The van der Waals surface area contributed by atoms with Crippen molar-refractivity contribution in [2.75, 3.05) is 5.32 Å². The molecule has 31 heavy (non-hydrogen) atoms. The van der Waals surface area contributed by atoms with Crippen molar-refractivity contribution in [3.8, 4) is 11.6 Å². The summed E-state index contributed by atoms with van der Waals surface area (Å²) in [4.78, 5) is 24.3. The predicted molar refractivity (Wildman–Crippen MR) is 112 cm³/mol. The Bertz CT molecular complexity index is 1280. The quantitative estimate of drug-likeness (QED) is 0.468. The van der Waals surface area contributed by atoms with Gasteiger partial charge in [-0.05, 0) is 54.6 Å². The van der Waals surface area contributed by atoms with E-state index in [0.717, 1.165) is 23.9 Å². The molecule has 0 bridgehead atoms. The monoisotopic (exact) mass is 416 g/mol. The summed E-state index contributed by atoms with van der Waals surface area (Å²) >= 11 is 0. The van der Waals surface area contributed by atoms with Gasteiger partial charge in [-0.2, -0.15) is 0 Å². The fourth-order valence-corrected chi connectivity index (χ4v) is 3.50. The fraction of sp³-hybridized carbons (Fsp3) is 0.130. The number of anilines is 1. The van der Waals surface area contributed by atoms with E-state index in [9.17, 15) is 9.18 Å². The molecule has 154 valence electrons. The molecule has 1 saturated carbocycles. The Balaban J connectivity index is 1.52. The molecule has 0 saturated heterocycles. The Kier molecular flexibility index (Phi) is 4.47. The van der Waals surface area contributed by atoms with Gasteiger partial charge in [-0.3, -0.25) is 4.98 Å². The third-order valence-electron chi connectivity index (χ3n) is 5.26. The highest BCUT2D eigenvalue weighted by Gasteiger charge is 2.46. The van der Waals surface area contributed by atoms with E-state index in [2.05, 4.69) is 20.3 Å². The SMILES string of the molecule is O=C(O)c1ccc(C2(Nc3nccc4ccnc(Oc5cccc(F)c5)c34)CC2)nc1. The molecule has 1 aliphatic carbocycles. The largest absolute Gasteiger partial charge is 0.478 e. The maximum atomic E-state index is 13.6. The summed E-state index contributed by atoms with van der Waals surface area (Å²) in [5.41, 5.74) is 0.440. The van der Waals surface area contributed by atoms with Gasteiger partial charge in [-0.25, -0.2) is 19.2 Å². The van der Waals surface area contributed by atoms with Crippen LogP contribution in [-0.4, -0.2) is 26.0 Å². The highest BCUT2D eigenvalue weighted by Crippen LogP contribution is 2.48. The van der Waals surface area contributed by atoms with Crippen LogP contribution in [-0.2, 0) is 5.54 Å². The average molecular weight is 416 g/mol. The van der Waals surface area contributed by atoms with Gasteiger partial charge in [-0.1, -0.05) is 6.07 Å². The van der Waals surface area contributed by atoms with Crippen molar-refractivity contribution >= 4 is 22.6 Å². The molecular formula is C23H17FN4O3. The van der Waals surface area contributed by atoms with Crippen LogP contribution in [0.5, 0.6) is 11.6 Å². The summed E-state index contributed by atoms with van der Waals surface area (Å²) in [6.07, 6.45) is 6.32. The number of aromatic nitrogens is 3. The molecule has 0 radical (unpaired) electrons. The minimum absolute atomic E-state index is 0.137. The van der Waals surface area contributed by atoms with E-state index in [1.807, 2.05) is 12.1 Å². The number of halogens is 1. The van der Waals surface area contributed by atoms with Crippen LogP contribution in [0, 0.1) is 5.82 Å². The molecule has 3 heterocycles. The second kappa shape index (κ2) is 7.32. The number of aromatic carboxylic acids is 1. The van der Waals surface area contributed by atoms with Crippen molar-refractivity contribution in [2.45, 2.75) is 18.4 Å². The van der Waals surface area contributed by atoms with Crippen molar-refractivity contribution < 1.29 is 19.0 Å². The number of carboxylic acids is 1. The summed E-state index contributed by atoms with van der Waals surface area (Å²) in [6.45, 7) is 0. The lowest BCUT2D eigenvalue weighted by atomic mass is 10.1. The van der Waals surface area contributed by atoms with E-state index < -0.39 is 17.3 Å². The first-order valence-corrected chi connectivity index (χ1v) is 9.69. The summed E-state index contributed by atoms with van der Waals surface area (Å²) in [6, 6.07) is 12.8. The van der Waals surface area contributed by atoms with Crippen molar-refractivity contribution in [1.29, 1.82) is 0 Å². The highest BCUT2D eigenvalue weighted by molar-refractivity contribution is 5.96. The molecule has 0 unspecified atom stereocenters. The molecule has 1 fully saturated rings. The van der Waals surface area contributed by atoms with Crippen molar-refractivity contribution in [2.24, 2.45) is 0 Å². The first-order valence-electron chi connectivity index (χ1n) is 9.69. The summed E-state index contributed by atoms with van der Waals surface area (Å²) in [5, 5.41) is 14.1. The maximum absolute atomic E-state index is 13.6. The van der Waals surface area contributed by atoms with Crippen LogP contribution in [0.3, 0.4) is 0 Å². The third-order valence-corrected chi connectivity index (χ3v) is 5.26. The maximum Gasteiger partial charge on any atom is 0.337 e. The number of carboxylic acid groups (broad SMARTS) is 1. The van der Waals surface area contributed by atoms with Crippen LogP contribution >= 0.6 is 0 Å². The number of hydrogen-bond acceptors (Lipinski definition) is 6. The lowest BCUT2D eigenvalue weighted by Gasteiger charge is -2.19. The standard InChI is InChI=1S/C23H17FN4O3/c24-16-2-1-3-17(12-16)31-21-19-14(7-11-26-21)6-10-25-20(19)28-23(8-9-23)18-5-4-15(13-27-18)22(29)30/h1-7,10-13H,8-9H2,(H,25,28)(H,29,30). The summed E-state index contributed by atoms with van der Waals surface area (Å²) in [5.74, 6) is -0.205. The minimum atomic E-state index is -1.02. The Hall–Kier alpha value is -4.07. The highest BCUT2D eigenvalue weighted by atomic mass is 19.1. The molecule has 8 heteroatoms. The molecule has 4 aromatic rings. The molecule has 0 spiro atoms. The second-order valence-electron chi connectivity index (χ2n) is 7.38. The van der Waals surface area contributed by atoms with Crippen LogP contribution < -0.4 is 10.1 Å². The van der Waals surface area contributed by atoms with Gasteiger partial charge in [0.1, 0.15) is 17.4 Å². The van der Waals surface area contributed by atoms with Gasteiger partial charge in [0.05, 0.1) is 22.2 Å². The molecule has 1 aromatic carbocycles. The van der Waals surface area contributed by atoms with E-state index in [1.165, 1.54) is 18.3 Å². The van der Waals surface area contributed by atoms with Crippen LogP contribution in [0.15, 0.2) is 67.1 Å². The van der Waals surface area contributed by atoms with Crippen molar-refractivity contribution in [3.05, 3.63) is 84.2 Å². The topological polar surface area (TPSA) is 97.2 Å². The van der Waals surface area contributed by atoms with Gasteiger partial charge in [-0.15, -0.1) is 0 Å². The molecule has 0 atom stereocenters. The number of ether oxygens (including phenoxy) is 1. The van der Waals surface area contributed by atoms with Gasteiger partial charge in [0, 0.05) is 24.7 Å². The molecule has 0 amide bonds. The van der Waals surface area contributed by atoms with Gasteiger partial charge in [0.2, 0.25) is 5.88 Å². The van der Waals surface area contributed by atoms with E-state index in [1.54, 1.807) is 36.7 Å². The number of nitrogens with zero attached hydrogens (tertiary/aromatic N) is 3. The van der Waals surface area contributed by atoms with E-state index in [-0.39, 0.29) is 5.56 Å². The molecule has 7 nitrogen and oxygen atoms in total. The molecule has 0 aliphatic heterocycles. The fourth-order valence-electron chi connectivity index (χ4n) is 3.50. The zero-order valence-electron chi connectivity index (χ0n) is 16.2. The summed E-state index contributed by atoms with van der Waals surface area (Å²) in [7, 11) is 0. The van der Waals surface area contributed by atoms with Gasteiger partial charge in [0.25, 0.3) is 0 Å². The number of benzene rings is 1. The predicted octanol–water partition coefficient (Wildman–Crippen LogP) is 4.76. The first kappa shape index (κ1) is 18.9. The number of rotatable bonds is 6. The van der Waals surface area contributed by atoms with Crippen molar-refractivity contribution in [3.63, 3.8) is 0 Å². The zero-order valence-corrected chi connectivity index (χ0v) is 16.2. The lowest BCUT2D eigenvalue weighted by molar-refractivity contribution is 0.0696. The lowest BCUT2D eigenvalue weighted by Crippen LogP contribution is -2.21. The number of hydrogen-bond donors (Lipinski definition) is 2. The molecular weight excluding hydrogens is 399 g/mol. The number of fused-ring (bicyclic) bond motifs is 1. The van der Waals surface area contributed by atoms with Gasteiger partial charge < -0.3 is 15.2 Å². The first-order chi connectivity index (χ1) is 15.0. The van der Waals surface area contributed by atoms with E-state index in [4.69, 9.17) is 9.84 Å².